The van der Waals surface area contributed by atoms with Gasteiger partial charge in [0.15, 0.2) is 0 Å². The Labute approximate surface area is 262 Å². The number of hydrogen-bond donors (Lipinski definition) is 3. The van der Waals surface area contributed by atoms with Crippen LogP contribution in [0.25, 0.3) is 0 Å². The molecule has 2 fully saturated rings. The molecule has 3 aromatic rings. The van der Waals surface area contributed by atoms with Crippen LogP contribution in [0.3, 0.4) is 0 Å². The van der Waals surface area contributed by atoms with Gasteiger partial charge >= 0.3 is 0 Å². The fraction of sp³-hybridized carbons (Fsp3) is 0.469. The second kappa shape index (κ2) is 13.1. The molecule has 2 aliphatic heterocycles. The third-order valence-corrected chi connectivity index (χ3v) is 9.02. The molecule has 11 heteroatoms. The molecule has 5 rings (SSSR count). The summed E-state index contributed by atoms with van der Waals surface area (Å²) in [4.78, 5) is 16.7. The maximum atomic E-state index is 10.7. The minimum atomic E-state index is -1.16. The lowest BCUT2D eigenvalue weighted by molar-refractivity contribution is 0.0793. The van der Waals surface area contributed by atoms with Crippen LogP contribution in [-0.2, 0) is 5.60 Å². The van der Waals surface area contributed by atoms with E-state index in [1.807, 2.05) is 6.07 Å². The zero-order chi connectivity index (χ0) is 30.7. The molecule has 43 heavy (non-hydrogen) atoms. The number of aromatic nitrogens is 2. The molecule has 0 bridgehead atoms. The van der Waals surface area contributed by atoms with Crippen LogP contribution in [0.2, 0.25) is 0 Å². The number of piperazine rings is 1. The van der Waals surface area contributed by atoms with Gasteiger partial charge in [-0.25, -0.2) is 4.98 Å². The van der Waals surface area contributed by atoms with E-state index in [0.717, 1.165) is 74.8 Å². The van der Waals surface area contributed by atoms with Crippen LogP contribution in [-0.4, -0.2) is 84.3 Å². The molecule has 0 amide bonds. The molecule has 3 N–H and O–H groups in total. The SMILES string of the molecule is COc1cc(Nc2ncc(Br)c(Nc3ccc(C#N)cc3C(C)(C)O)n2)c(C)cc1N1CCC(N2CCN(C)CC2)CC1. The number of anilines is 5. The van der Waals surface area contributed by atoms with Crippen LogP contribution < -0.4 is 20.3 Å². The van der Waals surface area contributed by atoms with Crippen molar-refractivity contribution in [2.24, 2.45) is 0 Å². The van der Waals surface area contributed by atoms with E-state index < -0.39 is 5.60 Å². The highest BCUT2D eigenvalue weighted by atomic mass is 79.9. The molecule has 2 saturated heterocycles. The first-order valence-corrected chi connectivity index (χ1v) is 15.5. The average molecular weight is 650 g/mol. The van der Waals surface area contributed by atoms with Crippen molar-refractivity contribution in [2.75, 3.05) is 69.0 Å². The smallest absolute Gasteiger partial charge is 0.229 e. The molecule has 1 aromatic heterocycles. The summed E-state index contributed by atoms with van der Waals surface area (Å²) in [6, 6.07) is 12.1. The number of ether oxygens (including phenoxy) is 1. The number of piperidine rings is 1. The van der Waals surface area contributed by atoms with Crippen molar-refractivity contribution in [1.82, 2.24) is 19.8 Å². The number of rotatable bonds is 8. The van der Waals surface area contributed by atoms with E-state index in [4.69, 9.17) is 9.72 Å². The van der Waals surface area contributed by atoms with E-state index in [0.29, 0.717) is 39.1 Å². The first-order valence-electron chi connectivity index (χ1n) is 14.8. The highest BCUT2D eigenvalue weighted by molar-refractivity contribution is 9.10. The van der Waals surface area contributed by atoms with Gasteiger partial charge in [0.05, 0.1) is 34.5 Å². The summed E-state index contributed by atoms with van der Waals surface area (Å²) in [5, 5.41) is 26.7. The zero-order valence-electron chi connectivity index (χ0n) is 25.6. The van der Waals surface area contributed by atoms with Crippen LogP contribution in [0.5, 0.6) is 5.75 Å². The summed E-state index contributed by atoms with van der Waals surface area (Å²) in [6.45, 7) is 12.1. The van der Waals surface area contributed by atoms with Gasteiger partial charge in [-0.1, -0.05) is 0 Å². The molecule has 0 radical (unpaired) electrons. The summed E-state index contributed by atoms with van der Waals surface area (Å²) < 4.78 is 6.53. The van der Waals surface area contributed by atoms with Crippen molar-refractivity contribution < 1.29 is 9.84 Å². The van der Waals surface area contributed by atoms with E-state index in [-0.39, 0.29) is 0 Å². The third kappa shape index (κ3) is 7.21. The summed E-state index contributed by atoms with van der Waals surface area (Å²) in [6.07, 6.45) is 3.99. The zero-order valence-corrected chi connectivity index (χ0v) is 27.2. The average Bonchev–Trinajstić information content (AvgIpc) is 2.99. The van der Waals surface area contributed by atoms with Gasteiger partial charge in [-0.05, 0) is 86.4 Å². The van der Waals surface area contributed by atoms with Gasteiger partial charge in [0.25, 0.3) is 0 Å². The Kier molecular flexibility index (Phi) is 9.42. The Morgan fingerprint density at radius 3 is 2.42 bits per heavy atom. The summed E-state index contributed by atoms with van der Waals surface area (Å²) in [5.74, 6) is 1.75. The number of aliphatic hydroxyl groups is 1. The second-order valence-electron chi connectivity index (χ2n) is 12.0. The highest BCUT2D eigenvalue weighted by Gasteiger charge is 2.28. The molecule has 228 valence electrons. The minimum Gasteiger partial charge on any atom is -0.495 e. The Balaban J connectivity index is 1.32. The molecule has 2 aromatic carbocycles. The number of benzene rings is 2. The van der Waals surface area contributed by atoms with E-state index >= 15 is 0 Å². The third-order valence-electron chi connectivity index (χ3n) is 8.44. The van der Waals surface area contributed by atoms with Gasteiger partial charge in [0, 0.05) is 74.5 Å². The van der Waals surface area contributed by atoms with Crippen molar-refractivity contribution in [3.8, 4) is 11.8 Å². The summed E-state index contributed by atoms with van der Waals surface area (Å²) >= 11 is 3.54. The fourth-order valence-electron chi connectivity index (χ4n) is 5.87. The van der Waals surface area contributed by atoms with Gasteiger partial charge in [0.1, 0.15) is 11.6 Å². The van der Waals surface area contributed by atoms with Crippen LogP contribution in [0.4, 0.5) is 28.8 Å². The fourth-order valence-corrected chi connectivity index (χ4v) is 6.16. The van der Waals surface area contributed by atoms with Crippen LogP contribution in [0, 0.1) is 18.3 Å². The predicted octanol–water partition coefficient (Wildman–Crippen LogP) is 5.36. The molecular weight excluding hydrogens is 608 g/mol. The van der Waals surface area contributed by atoms with Crippen LogP contribution in [0.1, 0.15) is 43.4 Å². The van der Waals surface area contributed by atoms with Gasteiger partial charge in [-0.3, -0.25) is 4.90 Å². The number of halogens is 1. The van der Waals surface area contributed by atoms with Crippen LogP contribution in [0.15, 0.2) is 41.0 Å². The van der Waals surface area contributed by atoms with Gasteiger partial charge in [0.2, 0.25) is 5.95 Å². The molecule has 0 saturated carbocycles. The topological polar surface area (TPSA) is 113 Å². The van der Waals surface area contributed by atoms with Crippen molar-refractivity contribution in [1.29, 1.82) is 5.26 Å². The Hall–Kier alpha value is -3.43. The van der Waals surface area contributed by atoms with Crippen molar-refractivity contribution in [3.63, 3.8) is 0 Å². The number of nitrogens with zero attached hydrogens (tertiary/aromatic N) is 6. The lowest BCUT2D eigenvalue weighted by atomic mass is 9.94. The van der Waals surface area contributed by atoms with Crippen molar-refractivity contribution in [3.05, 3.63) is 57.7 Å². The number of likely N-dealkylation sites (N-methyl/N-ethyl adjacent to an activating group) is 1. The molecule has 2 aliphatic rings. The quantitative estimate of drug-likeness (QED) is 0.295. The minimum absolute atomic E-state index is 0.412. The normalized spacial score (nSPS) is 17.0. The molecule has 0 spiro atoms. The maximum absolute atomic E-state index is 10.7. The van der Waals surface area contributed by atoms with E-state index in [9.17, 15) is 10.4 Å². The lowest BCUT2D eigenvalue weighted by Crippen LogP contribution is -2.52. The van der Waals surface area contributed by atoms with E-state index in [1.165, 1.54) is 0 Å². The largest absolute Gasteiger partial charge is 0.495 e. The summed E-state index contributed by atoms with van der Waals surface area (Å²) in [5.41, 5.74) is 3.59. The first-order chi connectivity index (χ1) is 20.5. The number of nitrogens with one attached hydrogen (secondary N) is 2. The van der Waals surface area contributed by atoms with Crippen LogP contribution >= 0.6 is 15.9 Å². The Morgan fingerprint density at radius 1 is 1.05 bits per heavy atom. The molecule has 0 atom stereocenters. The monoisotopic (exact) mass is 648 g/mol. The molecular formula is C32H41BrN8O2. The predicted molar refractivity (Wildman–Crippen MR) is 175 cm³/mol. The summed E-state index contributed by atoms with van der Waals surface area (Å²) in [7, 11) is 3.92. The van der Waals surface area contributed by atoms with Gasteiger partial charge in [-0.2, -0.15) is 10.2 Å². The van der Waals surface area contributed by atoms with E-state index in [1.54, 1.807) is 45.4 Å². The second-order valence-corrected chi connectivity index (χ2v) is 12.8. The number of methoxy groups -OCH3 is 1. The molecule has 0 aliphatic carbocycles. The first kappa shape index (κ1) is 31.0. The molecule has 10 nitrogen and oxygen atoms in total. The molecule has 3 heterocycles. The van der Waals surface area contributed by atoms with Gasteiger partial charge in [-0.15, -0.1) is 0 Å². The highest BCUT2D eigenvalue weighted by Crippen LogP contribution is 2.38. The number of aryl methyl sites for hydroxylation is 1. The van der Waals surface area contributed by atoms with Crippen molar-refractivity contribution >= 4 is 44.8 Å². The number of nitriles is 1. The van der Waals surface area contributed by atoms with Gasteiger partial charge < -0.3 is 30.3 Å². The van der Waals surface area contributed by atoms with Crippen molar-refractivity contribution in [2.45, 2.75) is 45.3 Å². The molecule has 0 unspecified atom stereocenters. The van der Waals surface area contributed by atoms with E-state index in [2.05, 4.69) is 72.4 Å². The lowest BCUT2D eigenvalue weighted by Gasteiger charge is -2.42. The number of hydrogen-bond acceptors (Lipinski definition) is 10. The standard InChI is InChI=1S/C32H41BrN8O2/c1-21-16-28(41-10-8-23(9-11-41)40-14-12-39(4)13-15-40)29(43-5)18-27(21)37-31-35-20-25(33)30(38-31)36-26-7-6-22(19-34)17-24(26)32(2,3)42/h6-7,16-18,20,23,42H,8-15H2,1-5H3,(H2,35,36,37,38). The Bertz CT molecular complexity index is 1490. The maximum Gasteiger partial charge on any atom is 0.229 e. The Morgan fingerprint density at radius 2 is 1.77 bits per heavy atom.